The number of benzene rings is 8. The Hall–Kier alpha value is -6.64. The smallest absolute Gasteiger partial charge is 0.0727 e. The fourth-order valence-electron chi connectivity index (χ4n) is 9.67. The molecule has 2 heteroatoms. The Kier molecular flexibility index (Phi) is 8.09. The Morgan fingerprint density at radius 1 is 0.263 bits per heavy atom. The van der Waals surface area contributed by atoms with Crippen LogP contribution in [0.2, 0.25) is 0 Å². The molecule has 0 N–H and O–H groups in total. The van der Waals surface area contributed by atoms with Gasteiger partial charge in [0, 0.05) is 34.1 Å². The van der Waals surface area contributed by atoms with Gasteiger partial charge in [-0.05, 0) is 181 Å². The first kappa shape index (κ1) is 34.8. The maximum atomic E-state index is 2.50. The van der Waals surface area contributed by atoms with E-state index in [1.165, 1.54) is 77.9 Å². The Morgan fingerprint density at radius 2 is 0.526 bits per heavy atom. The zero-order valence-electron chi connectivity index (χ0n) is 33.6. The molecule has 0 saturated carbocycles. The molecular formula is C55H46N2. The minimum Gasteiger partial charge on any atom is -0.310 e. The zero-order chi connectivity index (χ0) is 39.0. The molecule has 0 atom stereocenters. The van der Waals surface area contributed by atoms with E-state index in [1.807, 2.05) is 0 Å². The predicted molar refractivity (Wildman–Crippen MR) is 241 cm³/mol. The molecule has 2 nitrogen and oxygen atoms in total. The number of nitrogens with zero attached hydrogens (tertiary/aromatic N) is 2. The van der Waals surface area contributed by atoms with Crippen molar-refractivity contribution >= 4 is 34.1 Å². The Balaban J connectivity index is 1.28. The van der Waals surface area contributed by atoms with Gasteiger partial charge >= 0.3 is 0 Å². The molecule has 0 aromatic heterocycles. The molecule has 2 aliphatic rings. The van der Waals surface area contributed by atoms with Gasteiger partial charge in [-0.1, -0.05) is 108 Å². The highest BCUT2D eigenvalue weighted by Crippen LogP contribution is 2.64. The summed E-state index contributed by atoms with van der Waals surface area (Å²) in [5.41, 5.74) is 24.4. The van der Waals surface area contributed by atoms with Crippen LogP contribution in [0.5, 0.6) is 0 Å². The highest BCUT2D eigenvalue weighted by Gasteiger charge is 2.52. The van der Waals surface area contributed by atoms with E-state index >= 15 is 0 Å². The summed E-state index contributed by atoms with van der Waals surface area (Å²) >= 11 is 0. The lowest BCUT2D eigenvalue weighted by atomic mass is 9.70. The number of rotatable bonds is 6. The molecule has 8 aromatic rings. The van der Waals surface area contributed by atoms with Crippen LogP contribution in [0.1, 0.15) is 55.6 Å². The second-order valence-corrected chi connectivity index (χ2v) is 16.3. The van der Waals surface area contributed by atoms with Crippen LogP contribution < -0.4 is 9.80 Å². The standard InChI is InChI=1S/C55H46N2/c1-35-11-7-15-41(27-35)56(42-16-8-12-36(2)28-42)45-21-25-49-50-26-22-46(57(43-17-9-13-37(3)29-43)44-18-10-14-38(4)30-44)34-54(50)55(53(49)33-45)51-31-39(5)19-23-47(51)48-24-20-40(6)32-52(48)55/h7-34H,1-6H3. The number of hydrogen-bond donors (Lipinski definition) is 0. The molecular weight excluding hydrogens is 689 g/mol. The second-order valence-electron chi connectivity index (χ2n) is 16.3. The summed E-state index contributed by atoms with van der Waals surface area (Å²) in [4.78, 5) is 4.87. The summed E-state index contributed by atoms with van der Waals surface area (Å²) in [6, 6.07) is 64.1. The van der Waals surface area contributed by atoms with Gasteiger partial charge in [0.05, 0.1) is 5.41 Å². The van der Waals surface area contributed by atoms with Crippen molar-refractivity contribution in [3.8, 4) is 22.3 Å². The summed E-state index contributed by atoms with van der Waals surface area (Å²) < 4.78 is 0. The molecule has 2 aliphatic carbocycles. The fourth-order valence-corrected chi connectivity index (χ4v) is 9.67. The molecule has 10 rings (SSSR count). The highest BCUT2D eigenvalue weighted by molar-refractivity contribution is 5.98. The van der Waals surface area contributed by atoms with Crippen LogP contribution in [0.15, 0.2) is 170 Å². The Morgan fingerprint density at radius 3 is 0.842 bits per heavy atom. The van der Waals surface area contributed by atoms with Crippen molar-refractivity contribution in [1.82, 2.24) is 0 Å². The molecule has 0 unspecified atom stereocenters. The third-order valence-electron chi connectivity index (χ3n) is 12.1. The summed E-state index contributed by atoms with van der Waals surface area (Å²) in [6.07, 6.45) is 0. The van der Waals surface area contributed by atoms with Gasteiger partial charge < -0.3 is 9.80 Å². The first-order valence-corrected chi connectivity index (χ1v) is 20.1. The van der Waals surface area contributed by atoms with Gasteiger partial charge in [-0.2, -0.15) is 0 Å². The van der Waals surface area contributed by atoms with Gasteiger partial charge in [0.15, 0.2) is 0 Å². The quantitative estimate of drug-likeness (QED) is 0.168. The molecule has 8 aromatic carbocycles. The van der Waals surface area contributed by atoms with E-state index in [9.17, 15) is 0 Å². The van der Waals surface area contributed by atoms with Crippen LogP contribution in [0.3, 0.4) is 0 Å². The van der Waals surface area contributed by atoms with Crippen LogP contribution in [0, 0.1) is 41.5 Å². The first-order chi connectivity index (χ1) is 27.7. The van der Waals surface area contributed by atoms with Gasteiger partial charge in [0.2, 0.25) is 0 Å². The third kappa shape index (κ3) is 5.54. The van der Waals surface area contributed by atoms with E-state index in [-0.39, 0.29) is 0 Å². The lowest BCUT2D eigenvalue weighted by molar-refractivity contribution is 0.791. The number of anilines is 6. The molecule has 0 fully saturated rings. The van der Waals surface area contributed by atoms with Gasteiger partial charge in [0.25, 0.3) is 0 Å². The molecule has 0 heterocycles. The molecule has 0 aliphatic heterocycles. The van der Waals surface area contributed by atoms with Crippen molar-refractivity contribution in [3.63, 3.8) is 0 Å². The van der Waals surface area contributed by atoms with Crippen LogP contribution in [0.4, 0.5) is 34.1 Å². The number of hydrogen-bond acceptors (Lipinski definition) is 2. The van der Waals surface area contributed by atoms with Crippen molar-refractivity contribution in [2.75, 3.05) is 9.80 Å². The van der Waals surface area contributed by atoms with Gasteiger partial charge in [-0.25, -0.2) is 0 Å². The van der Waals surface area contributed by atoms with Crippen LogP contribution in [0.25, 0.3) is 22.3 Å². The predicted octanol–water partition coefficient (Wildman–Crippen LogP) is 14.8. The lowest BCUT2D eigenvalue weighted by Crippen LogP contribution is -2.27. The van der Waals surface area contributed by atoms with E-state index < -0.39 is 5.41 Å². The third-order valence-corrected chi connectivity index (χ3v) is 12.1. The van der Waals surface area contributed by atoms with Crippen molar-refractivity contribution in [2.24, 2.45) is 0 Å². The average molecular weight is 735 g/mol. The normalized spacial score (nSPS) is 12.9. The van der Waals surface area contributed by atoms with Crippen molar-refractivity contribution in [3.05, 3.63) is 225 Å². The highest BCUT2D eigenvalue weighted by atomic mass is 15.1. The maximum Gasteiger partial charge on any atom is 0.0727 e. The van der Waals surface area contributed by atoms with E-state index in [4.69, 9.17) is 0 Å². The maximum absolute atomic E-state index is 2.50. The van der Waals surface area contributed by atoms with Crippen LogP contribution in [-0.4, -0.2) is 0 Å². The minimum atomic E-state index is -0.533. The molecule has 0 radical (unpaired) electrons. The van der Waals surface area contributed by atoms with E-state index in [0.717, 1.165) is 34.1 Å². The summed E-state index contributed by atoms with van der Waals surface area (Å²) in [5.74, 6) is 0. The number of fused-ring (bicyclic) bond motifs is 10. The van der Waals surface area contributed by atoms with Crippen LogP contribution in [-0.2, 0) is 5.41 Å². The van der Waals surface area contributed by atoms with Crippen molar-refractivity contribution in [2.45, 2.75) is 47.0 Å². The Bertz CT molecular complexity index is 2610. The van der Waals surface area contributed by atoms with Gasteiger partial charge in [-0.3, -0.25) is 0 Å². The van der Waals surface area contributed by atoms with Crippen LogP contribution >= 0.6 is 0 Å². The second kappa shape index (κ2) is 13.2. The van der Waals surface area contributed by atoms with Gasteiger partial charge in [0.1, 0.15) is 0 Å². The molecule has 276 valence electrons. The number of aryl methyl sites for hydroxylation is 6. The average Bonchev–Trinajstić information content (AvgIpc) is 3.64. The molecule has 0 amide bonds. The molecule has 1 spiro atoms. The SMILES string of the molecule is Cc1cccc(N(c2cccc(C)c2)c2ccc3c(c2)C2(c4cc(C)ccc4-c4ccc(C)cc42)c2cc(N(c4cccc(C)c4)c4cccc(C)c4)ccc2-3)c1. The van der Waals surface area contributed by atoms with E-state index in [2.05, 4.69) is 221 Å². The molecule has 57 heavy (non-hydrogen) atoms. The summed E-state index contributed by atoms with van der Waals surface area (Å²) in [5, 5.41) is 0. The first-order valence-electron chi connectivity index (χ1n) is 20.1. The zero-order valence-corrected chi connectivity index (χ0v) is 33.6. The largest absolute Gasteiger partial charge is 0.310 e. The topological polar surface area (TPSA) is 6.48 Å². The van der Waals surface area contributed by atoms with Gasteiger partial charge in [-0.15, -0.1) is 0 Å². The monoisotopic (exact) mass is 734 g/mol. The van der Waals surface area contributed by atoms with Crippen molar-refractivity contribution in [1.29, 1.82) is 0 Å². The lowest BCUT2D eigenvalue weighted by Gasteiger charge is -2.33. The summed E-state index contributed by atoms with van der Waals surface area (Å²) in [7, 11) is 0. The Labute approximate surface area is 337 Å². The summed E-state index contributed by atoms with van der Waals surface area (Å²) in [6.45, 7) is 13.2. The van der Waals surface area contributed by atoms with E-state index in [1.54, 1.807) is 0 Å². The minimum absolute atomic E-state index is 0.533. The molecule has 0 bridgehead atoms. The van der Waals surface area contributed by atoms with Crippen molar-refractivity contribution < 1.29 is 0 Å². The fraction of sp³-hybridized carbons (Fsp3) is 0.127. The van der Waals surface area contributed by atoms with E-state index in [0.29, 0.717) is 0 Å². The molecule has 0 saturated heterocycles.